The number of carbonyl (C=O) groups is 1. The molecular weight excluding hydrogens is 314 g/mol. The van der Waals surface area contributed by atoms with Gasteiger partial charge in [0.05, 0.1) is 0 Å². The van der Waals surface area contributed by atoms with Gasteiger partial charge in [-0.25, -0.2) is 13.4 Å². The molecule has 0 aliphatic carbocycles. The molecule has 0 saturated heterocycles. The van der Waals surface area contributed by atoms with E-state index in [0.29, 0.717) is 13.1 Å². The second-order valence-corrected chi connectivity index (χ2v) is 7.98. The van der Waals surface area contributed by atoms with Crippen molar-refractivity contribution in [3.05, 3.63) is 53.6 Å². The summed E-state index contributed by atoms with van der Waals surface area (Å²) in [7, 11) is -3.38. The molecule has 7 heteroatoms. The Hall–Kier alpha value is -2.15. The molecule has 0 spiro atoms. The predicted molar refractivity (Wildman–Crippen MR) is 88.7 cm³/mol. The molecular formula is C16H21N3O3S. The molecule has 0 radical (unpaired) electrons. The number of carbonyl (C=O) groups excluding carboxylic acids is 1. The van der Waals surface area contributed by atoms with Gasteiger partial charge in [-0.3, -0.25) is 4.79 Å². The number of aryl methyl sites for hydroxylation is 1. The van der Waals surface area contributed by atoms with Gasteiger partial charge in [0.15, 0.2) is 9.84 Å². The van der Waals surface area contributed by atoms with Gasteiger partial charge in [0.1, 0.15) is 11.1 Å². The summed E-state index contributed by atoms with van der Waals surface area (Å²) in [6, 6.07) is 7.81. The topological polar surface area (TPSA) is 81.1 Å². The van der Waals surface area contributed by atoms with Crippen LogP contribution in [0, 0.1) is 6.92 Å². The zero-order chi connectivity index (χ0) is 17.0. The number of amides is 1. The monoisotopic (exact) mass is 335 g/mol. The molecule has 1 aromatic carbocycles. The second kappa shape index (κ2) is 6.95. The van der Waals surface area contributed by atoms with Crippen LogP contribution in [0.3, 0.4) is 0 Å². The number of sulfone groups is 1. The number of rotatable bonds is 6. The highest BCUT2D eigenvalue weighted by atomic mass is 32.2. The van der Waals surface area contributed by atoms with Crippen LogP contribution in [0.2, 0.25) is 0 Å². The van der Waals surface area contributed by atoms with Gasteiger partial charge in [-0.2, -0.15) is 0 Å². The van der Waals surface area contributed by atoms with E-state index in [9.17, 15) is 13.2 Å². The zero-order valence-corrected chi connectivity index (χ0v) is 14.3. The number of nitrogens with zero attached hydrogens (tertiary/aromatic N) is 2. The first kappa shape index (κ1) is 17.2. The third-order valence-electron chi connectivity index (χ3n) is 3.75. The average Bonchev–Trinajstić information content (AvgIpc) is 2.89. The fourth-order valence-electron chi connectivity index (χ4n) is 2.13. The molecule has 0 saturated carbocycles. The molecule has 6 nitrogen and oxygen atoms in total. The van der Waals surface area contributed by atoms with Crippen molar-refractivity contribution in [3.8, 4) is 0 Å². The Balaban J connectivity index is 2.01. The van der Waals surface area contributed by atoms with Gasteiger partial charge in [-0.15, -0.1) is 0 Å². The maximum absolute atomic E-state index is 11.8. The quantitative estimate of drug-likeness (QED) is 0.862. The van der Waals surface area contributed by atoms with E-state index < -0.39 is 21.0 Å². The SMILES string of the molecule is Cc1nccn1Cc1cccc(CNC(=O)[C@@H](C)S(C)(=O)=O)c1. The van der Waals surface area contributed by atoms with Crippen molar-refractivity contribution in [2.75, 3.05) is 6.26 Å². The molecule has 1 amide bonds. The fourth-order valence-corrected chi connectivity index (χ4v) is 2.61. The van der Waals surface area contributed by atoms with E-state index in [4.69, 9.17) is 0 Å². The van der Waals surface area contributed by atoms with E-state index in [1.165, 1.54) is 6.92 Å². The van der Waals surface area contributed by atoms with Gasteiger partial charge < -0.3 is 9.88 Å². The van der Waals surface area contributed by atoms with E-state index in [2.05, 4.69) is 10.3 Å². The summed E-state index contributed by atoms with van der Waals surface area (Å²) in [6.07, 6.45) is 4.73. The van der Waals surface area contributed by atoms with Gasteiger partial charge in [-0.1, -0.05) is 24.3 Å². The molecule has 2 aromatic rings. The molecule has 1 atom stereocenters. The lowest BCUT2D eigenvalue weighted by molar-refractivity contribution is -0.120. The Morgan fingerprint density at radius 1 is 1.35 bits per heavy atom. The van der Waals surface area contributed by atoms with E-state index in [1.54, 1.807) is 6.20 Å². The van der Waals surface area contributed by atoms with Crippen LogP contribution in [-0.2, 0) is 27.7 Å². The highest BCUT2D eigenvalue weighted by Gasteiger charge is 2.22. The van der Waals surface area contributed by atoms with Crippen molar-refractivity contribution in [2.45, 2.75) is 32.2 Å². The summed E-state index contributed by atoms with van der Waals surface area (Å²) in [6.45, 7) is 4.34. The number of benzene rings is 1. The lowest BCUT2D eigenvalue weighted by Crippen LogP contribution is -2.37. The first-order valence-electron chi connectivity index (χ1n) is 7.29. The minimum atomic E-state index is -3.38. The molecule has 1 aromatic heterocycles. The molecule has 0 aliphatic heterocycles. The highest BCUT2D eigenvalue weighted by molar-refractivity contribution is 7.92. The molecule has 1 heterocycles. The standard InChI is InChI=1S/C16H21N3O3S/c1-12(23(3,21)22)16(20)18-10-14-5-4-6-15(9-14)11-19-8-7-17-13(19)2/h4-9,12H,10-11H2,1-3H3,(H,18,20)/t12-/m1/s1. The zero-order valence-electron chi connectivity index (χ0n) is 13.5. The summed E-state index contributed by atoms with van der Waals surface area (Å²) >= 11 is 0. The number of aromatic nitrogens is 2. The average molecular weight is 335 g/mol. The van der Waals surface area contributed by atoms with Gasteiger partial charge in [-0.05, 0) is 25.0 Å². The van der Waals surface area contributed by atoms with E-state index in [-0.39, 0.29) is 0 Å². The van der Waals surface area contributed by atoms with Crippen LogP contribution in [0.15, 0.2) is 36.7 Å². The third kappa shape index (κ3) is 4.66. The van der Waals surface area contributed by atoms with Crippen LogP contribution in [0.5, 0.6) is 0 Å². The molecule has 0 bridgehead atoms. The van der Waals surface area contributed by atoms with Crippen LogP contribution in [-0.4, -0.2) is 35.4 Å². The van der Waals surface area contributed by atoms with E-state index in [1.807, 2.05) is 42.0 Å². The maximum atomic E-state index is 11.8. The van der Waals surface area contributed by atoms with Crippen LogP contribution in [0.25, 0.3) is 0 Å². The van der Waals surface area contributed by atoms with Crippen LogP contribution in [0.1, 0.15) is 23.9 Å². The van der Waals surface area contributed by atoms with E-state index in [0.717, 1.165) is 23.2 Å². The summed E-state index contributed by atoms with van der Waals surface area (Å²) < 4.78 is 24.8. The van der Waals surface area contributed by atoms with Gasteiger partial charge in [0, 0.05) is 31.7 Å². The van der Waals surface area contributed by atoms with Gasteiger partial charge in [0.2, 0.25) is 5.91 Å². The molecule has 0 unspecified atom stereocenters. The predicted octanol–water partition coefficient (Wildman–Crippen LogP) is 1.29. The molecule has 1 N–H and O–H groups in total. The van der Waals surface area contributed by atoms with Crippen LogP contribution in [0.4, 0.5) is 0 Å². The number of hydrogen-bond donors (Lipinski definition) is 1. The van der Waals surface area contributed by atoms with Gasteiger partial charge in [0.25, 0.3) is 0 Å². The Morgan fingerprint density at radius 3 is 2.65 bits per heavy atom. The first-order valence-corrected chi connectivity index (χ1v) is 9.25. The Morgan fingerprint density at radius 2 is 2.04 bits per heavy atom. The van der Waals surface area contributed by atoms with Crippen LogP contribution >= 0.6 is 0 Å². The van der Waals surface area contributed by atoms with Crippen molar-refractivity contribution in [1.29, 1.82) is 0 Å². The lowest BCUT2D eigenvalue weighted by Gasteiger charge is -2.11. The van der Waals surface area contributed by atoms with Gasteiger partial charge >= 0.3 is 0 Å². The second-order valence-electron chi connectivity index (χ2n) is 5.61. The van der Waals surface area contributed by atoms with Crippen molar-refractivity contribution in [2.24, 2.45) is 0 Å². The third-order valence-corrected chi connectivity index (χ3v) is 5.24. The Bertz CT molecular complexity index is 796. The number of hydrogen-bond acceptors (Lipinski definition) is 4. The molecule has 23 heavy (non-hydrogen) atoms. The highest BCUT2D eigenvalue weighted by Crippen LogP contribution is 2.09. The summed E-state index contributed by atoms with van der Waals surface area (Å²) in [5.41, 5.74) is 2.02. The Labute approximate surface area is 136 Å². The summed E-state index contributed by atoms with van der Waals surface area (Å²) in [5, 5.41) is 1.62. The fraction of sp³-hybridized carbons (Fsp3) is 0.375. The normalized spacial score (nSPS) is 12.8. The lowest BCUT2D eigenvalue weighted by atomic mass is 10.1. The maximum Gasteiger partial charge on any atom is 0.238 e. The van der Waals surface area contributed by atoms with E-state index >= 15 is 0 Å². The minimum absolute atomic E-state index is 0.301. The summed E-state index contributed by atoms with van der Waals surface area (Å²) in [4.78, 5) is 16.0. The number of imidazole rings is 1. The van der Waals surface area contributed by atoms with Crippen molar-refractivity contribution < 1.29 is 13.2 Å². The largest absolute Gasteiger partial charge is 0.351 e. The van der Waals surface area contributed by atoms with Crippen molar-refractivity contribution in [1.82, 2.24) is 14.9 Å². The number of nitrogens with one attached hydrogen (secondary N) is 1. The van der Waals surface area contributed by atoms with Crippen LogP contribution < -0.4 is 5.32 Å². The Kier molecular flexibility index (Phi) is 5.20. The molecule has 2 rings (SSSR count). The molecule has 0 aliphatic rings. The smallest absolute Gasteiger partial charge is 0.238 e. The van der Waals surface area contributed by atoms with Crippen molar-refractivity contribution in [3.63, 3.8) is 0 Å². The molecule has 124 valence electrons. The molecule has 0 fully saturated rings. The minimum Gasteiger partial charge on any atom is -0.351 e. The first-order chi connectivity index (χ1) is 10.8. The summed E-state index contributed by atoms with van der Waals surface area (Å²) in [5.74, 6) is 0.453. The van der Waals surface area contributed by atoms with Crippen molar-refractivity contribution >= 4 is 15.7 Å².